The summed E-state index contributed by atoms with van der Waals surface area (Å²) in [5.74, 6) is 0.228. The molecule has 0 fully saturated rings. The smallest absolute Gasteiger partial charge is 0.408 e. The van der Waals surface area contributed by atoms with E-state index >= 15 is 0 Å². The zero-order chi connectivity index (χ0) is 28.3. The Morgan fingerprint density at radius 3 is 1.86 bits per heavy atom. The molecule has 0 unspecified atom stereocenters. The molecule has 0 heterocycles. The van der Waals surface area contributed by atoms with Gasteiger partial charge in [0.25, 0.3) is 0 Å². The Labute approximate surface area is 219 Å². The van der Waals surface area contributed by atoms with Gasteiger partial charge in [-0.3, -0.25) is 0 Å². The first-order chi connectivity index (χ1) is 17.1. The standard InChI is InChI=1S/C28H39NO5.CO2/c1-26(2,3)28(7,8)33-22-16-14-20(15-17-22)18-23(24(30)34-27(4,5)6)29-25(31)32-19-21-12-10-9-11-13-21;2-1-3/h9-17,23H,18-19H2,1-8H3,(H,29,31);/t23-;/m0./s1. The second-order valence-corrected chi connectivity index (χ2v) is 11.1. The van der Waals surface area contributed by atoms with Crippen molar-refractivity contribution >= 4 is 18.2 Å². The Hall–Kier alpha value is -3.64. The molecule has 2 aromatic rings. The molecule has 0 saturated carbocycles. The van der Waals surface area contributed by atoms with Crippen LogP contribution in [0.2, 0.25) is 0 Å². The zero-order valence-corrected chi connectivity index (χ0v) is 23.0. The van der Waals surface area contributed by atoms with Crippen LogP contribution in [0, 0.1) is 5.41 Å². The van der Waals surface area contributed by atoms with Gasteiger partial charge in [0.1, 0.15) is 29.6 Å². The second-order valence-electron chi connectivity index (χ2n) is 11.1. The molecule has 0 radical (unpaired) electrons. The van der Waals surface area contributed by atoms with Crippen molar-refractivity contribution in [3.8, 4) is 5.75 Å². The van der Waals surface area contributed by atoms with E-state index in [-0.39, 0.29) is 30.2 Å². The minimum atomic E-state index is -0.889. The second kappa shape index (κ2) is 13.6. The third kappa shape index (κ3) is 11.8. The summed E-state index contributed by atoms with van der Waals surface area (Å²) in [6.07, 6.45) is -0.162. The molecule has 1 amide bonds. The van der Waals surface area contributed by atoms with Crippen molar-refractivity contribution in [3.05, 3.63) is 65.7 Å². The quantitative estimate of drug-likeness (QED) is 0.465. The molecule has 202 valence electrons. The molecule has 8 nitrogen and oxygen atoms in total. The van der Waals surface area contributed by atoms with Gasteiger partial charge in [0, 0.05) is 11.8 Å². The monoisotopic (exact) mass is 513 g/mol. The van der Waals surface area contributed by atoms with E-state index in [4.69, 9.17) is 23.8 Å². The molecule has 0 spiro atoms. The van der Waals surface area contributed by atoms with Gasteiger partial charge in [-0.05, 0) is 57.9 Å². The topological polar surface area (TPSA) is 108 Å². The Morgan fingerprint density at radius 1 is 0.838 bits per heavy atom. The van der Waals surface area contributed by atoms with E-state index in [1.54, 1.807) is 20.8 Å². The molecule has 8 heteroatoms. The molecule has 37 heavy (non-hydrogen) atoms. The van der Waals surface area contributed by atoms with Gasteiger partial charge in [-0.1, -0.05) is 63.2 Å². The fourth-order valence-electron chi connectivity index (χ4n) is 2.85. The van der Waals surface area contributed by atoms with Crippen LogP contribution in [-0.4, -0.2) is 35.5 Å². The highest BCUT2D eigenvalue weighted by Crippen LogP contribution is 2.34. The number of alkyl carbamates (subject to hydrolysis) is 1. The Kier molecular flexibility index (Phi) is 11.5. The van der Waals surface area contributed by atoms with Gasteiger partial charge >= 0.3 is 18.2 Å². The van der Waals surface area contributed by atoms with Crippen molar-refractivity contribution in [2.24, 2.45) is 5.41 Å². The fourth-order valence-corrected chi connectivity index (χ4v) is 2.85. The molecule has 0 aliphatic heterocycles. The molecule has 1 N–H and O–H groups in total. The summed E-state index contributed by atoms with van der Waals surface area (Å²) in [6, 6.07) is 16.0. The van der Waals surface area contributed by atoms with Crippen LogP contribution in [0.3, 0.4) is 0 Å². The zero-order valence-electron chi connectivity index (χ0n) is 23.0. The largest absolute Gasteiger partial charge is 0.487 e. The van der Waals surface area contributed by atoms with Crippen molar-refractivity contribution in [3.63, 3.8) is 0 Å². The van der Waals surface area contributed by atoms with Crippen LogP contribution in [0.4, 0.5) is 4.79 Å². The SMILES string of the molecule is CC(C)(C)OC(=O)[C@H](Cc1ccc(OC(C)(C)C(C)(C)C)cc1)NC(=O)OCc1ccccc1.O=C=O. The summed E-state index contributed by atoms with van der Waals surface area (Å²) in [6.45, 7) is 16.0. The molecule has 0 aromatic heterocycles. The minimum Gasteiger partial charge on any atom is -0.487 e. The predicted octanol–water partition coefficient (Wildman–Crippen LogP) is 5.49. The van der Waals surface area contributed by atoms with Crippen LogP contribution < -0.4 is 10.1 Å². The van der Waals surface area contributed by atoms with Crippen molar-refractivity contribution in [1.82, 2.24) is 5.32 Å². The highest BCUT2D eigenvalue weighted by molar-refractivity contribution is 5.82. The number of esters is 1. The van der Waals surface area contributed by atoms with Crippen LogP contribution in [0.5, 0.6) is 5.75 Å². The average Bonchev–Trinajstić information content (AvgIpc) is 2.77. The first-order valence-electron chi connectivity index (χ1n) is 12.1. The lowest BCUT2D eigenvalue weighted by Crippen LogP contribution is -2.45. The van der Waals surface area contributed by atoms with Crippen LogP contribution in [0.15, 0.2) is 54.6 Å². The summed E-state index contributed by atoms with van der Waals surface area (Å²) in [5.41, 5.74) is 0.636. The van der Waals surface area contributed by atoms with Gasteiger partial charge in [0.2, 0.25) is 0 Å². The number of benzene rings is 2. The Balaban J connectivity index is 0.00000217. The summed E-state index contributed by atoms with van der Waals surface area (Å²) in [4.78, 5) is 41.5. The van der Waals surface area contributed by atoms with Crippen LogP contribution in [0.1, 0.15) is 66.5 Å². The number of carbonyl (C=O) groups is 2. The maximum absolute atomic E-state index is 12.8. The third-order valence-corrected chi connectivity index (χ3v) is 5.74. The number of carbonyl (C=O) groups excluding carboxylic acids is 4. The minimum absolute atomic E-state index is 0.0441. The van der Waals surface area contributed by atoms with Crippen LogP contribution >= 0.6 is 0 Å². The highest BCUT2D eigenvalue weighted by Gasteiger charge is 2.35. The number of amides is 1. The average molecular weight is 514 g/mol. The van der Waals surface area contributed by atoms with E-state index in [0.717, 1.165) is 16.9 Å². The van der Waals surface area contributed by atoms with Gasteiger partial charge in [0.05, 0.1) is 0 Å². The lowest BCUT2D eigenvalue weighted by atomic mass is 9.79. The molecule has 2 aromatic carbocycles. The number of ether oxygens (including phenoxy) is 3. The van der Waals surface area contributed by atoms with Crippen LogP contribution in [-0.2, 0) is 36.9 Å². The van der Waals surface area contributed by atoms with E-state index in [9.17, 15) is 9.59 Å². The highest BCUT2D eigenvalue weighted by atomic mass is 16.6. The van der Waals surface area contributed by atoms with Crippen molar-refractivity contribution in [2.75, 3.05) is 0 Å². The summed E-state index contributed by atoms with van der Waals surface area (Å²) >= 11 is 0. The molecular weight excluding hydrogens is 474 g/mol. The summed E-state index contributed by atoms with van der Waals surface area (Å²) in [5, 5.41) is 2.66. The van der Waals surface area contributed by atoms with E-state index in [1.807, 2.05) is 54.6 Å². The molecule has 0 bridgehead atoms. The molecule has 2 rings (SSSR count). The normalized spacial score (nSPS) is 12.2. The number of hydrogen-bond donors (Lipinski definition) is 1. The van der Waals surface area contributed by atoms with E-state index < -0.39 is 23.7 Å². The molecule has 0 saturated heterocycles. The maximum Gasteiger partial charge on any atom is 0.408 e. The summed E-state index contributed by atoms with van der Waals surface area (Å²) in [7, 11) is 0. The molecular formula is C29H39NO7. The predicted molar refractivity (Wildman–Crippen MR) is 139 cm³/mol. The lowest BCUT2D eigenvalue weighted by molar-refractivity contribution is -0.191. The lowest BCUT2D eigenvalue weighted by Gasteiger charge is -2.39. The van der Waals surface area contributed by atoms with Crippen molar-refractivity contribution < 1.29 is 33.4 Å². The number of rotatable bonds is 8. The summed E-state index contributed by atoms with van der Waals surface area (Å²) < 4.78 is 17.0. The first-order valence-corrected chi connectivity index (χ1v) is 12.1. The van der Waals surface area contributed by atoms with Gasteiger partial charge in [-0.15, -0.1) is 0 Å². The van der Waals surface area contributed by atoms with Gasteiger partial charge < -0.3 is 19.5 Å². The molecule has 1 atom stereocenters. The molecule has 0 aliphatic rings. The van der Waals surface area contributed by atoms with Gasteiger partial charge in [-0.25, -0.2) is 9.59 Å². The maximum atomic E-state index is 12.8. The third-order valence-electron chi connectivity index (χ3n) is 5.74. The van der Waals surface area contributed by atoms with Crippen molar-refractivity contribution in [1.29, 1.82) is 0 Å². The Bertz CT molecular complexity index is 1030. The molecule has 0 aliphatic carbocycles. The van der Waals surface area contributed by atoms with Gasteiger partial charge in [0.15, 0.2) is 0 Å². The number of hydrogen-bond acceptors (Lipinski definition) is 7. The van der Waals surface area contributed by atoms with E-state index in [2.05, 4.69) is 39.9 Å². The Morgan fingerprint density at radius 2 is 1.38 bits per heavy atom. The van der Waals surface area contributed by atoms with E-state index in [1.165, 1.54) is 0 Å². The van der Waals surface area contributed by atoms with Gasteiger partial charge in [-0.2, -0.15) is 9.59 Å². The first kappa shape index (κ1) is 31.4. The number of nitrogens with one attached hydrogen (secondary N) is 1. The van der Waals surface area contributed by atoms with E-state index in [0.29, 0.717) is 0 Å². The van der Waals surface area contributed by atoms with Crippen LogP contribution in [0.25, 0.3) is 0 Å². The van der Waals surface area contributed by atoms with Crippen molar-refractivity contribution in [2.45, 2.75) is 85.7 Å². The fraction of sp³-hybridized carbons (Fsp3) is 0.483.